The number of methoxy groups -OCH3 is 1. The number of benzene rings is 1. The van der Waals surface area contributed by atoms with E-state index in [1.165, 1.54) is 18.4 Å². The summed E-state index contributed by atoms with van der Waals surface area (Å²) in [5.41, 5.74) is 1.69. The molecule has 0 aliphatic heterocycles. The van der Waals surface area contributed by atoms with Crippen LogP contribution in [0.1, 0.15) is 10.5 Å². The fourth-order valence-corrected chi connectivity index (χ4v) is 2.93. The molecule has 1 aromatic carbocycles. The van der Waals surface area contributed by atoms with Crippen molar-refractivity contribution in [3.05, 3.63) is 52.6 Å². The molecule has 0 atom stereocenters. The minimum absolute atomic E-state index is 0.146. The number of esters is 1. The van der Waals surface area contributed by atoms with Gasteiger partial charge in [-0.25, -0.2) is 9.78 Å². The van der Waals surface area contributed by atoms with Crippen LogP contribution in [0.5, 0.6) is 5.75 Å². The maximum atomic E-state index is 12.0. The fraction of sp³-hybridized carbons (Fsp3) is 0.118. The lowest BCUT2D eigenvalue weighted by molar-refractivity contribution is -0.118. The molecule has 0 radical (unpaired) electrons. The molecular formula is C17H14ClN3O4S. The number of H-pyrrole nitrogens is 1. The standard InChI is InChI=1S/C17H14ClN3O4S/c1-24-16(23)13-6-10(7-19-13)14-9-26-17(20-14)21-15(22)8-25-12-4-2-11(18)3-5-12/h2-7,9,19H,8H2,1H3,(H,20,21,22). The van der Waals surface area contributed by atoms with Crippen LogP contribution in [0.15, 0.2) is 41.9 Å². The summed E-state index contributed by atoms with van der Waals surface area (Å²) in [7, 11) is 1.31. The SMILES string of the molecule is COC(=O)c1cc(-c2csc(NC(=O)COc3ccc(Cl)cc3)n2)c[nH]1. The largest absolute Gasteiger partial charge is 0.484 e. The highest BCUT2D eigenvalue weighted by atomic mass is 35.5. The van der Waals surface area contributed by atoms with Gasteiger partial charge in [0.1, 0.15) is 11.4 Å². The molecule has 3 aromatic rings. The number of ether oxygens (including phenoxy) is 2. The number of rotatable bonds is 6. The molecule has 134 valence electrons. The summed E-state index contributed by atoms with van der Waals surface area (Å²) in [6, 6.07) is 8.36. The highest BCUT2D eigenvalue weighted by molar-refractivity contribution is 7.14. The molecule has 26 heavy (non-hydrogen) atoms. The Balaban J connectivity index is 1.57. The highest BCUT2D eigenvalue weighted by Gasteiger charge is 2.13. The van der Waals surface area contributed by atoms with Gasteiger partial charge in [0.15, 0.2) is 11.7 Å². The van der Waals surface area contributed by atoms with Gasteiger partial charge >= 0.3 is 5.97 Å². The van der Waals surface area contributed by atoms with Gasteiger partial charge in [0.05, 0.1) is 12.8 Å². The second-order valence-electron chi connectivity index (χ2n) is 5.12. The van der Waals surface area contributed by atoms with Crippen molar-refractivity contribution in [2.24, 2.45) is 0 Å². The summed E-state index contributed by atoms with van der Waals surface area (Å²) in [5, 5.41) is 5.48. The van der Waals surface area contributed by atoms with E-state index in [1.807, 2.05) is 0 Å². The predicted octanol–water partition coefficient (Wildman–Crippen LogP) is 3.60. The number of nitrogens with one attached hydrogen (secondary N) is 2. The first kappa shape index (κ1) is 18.0. The van der Waals surface area contributed by atoms with Crippen LogP contribution in [0.2, 0.25) is 5.02 Å². The summed E-state index contributed by atoms with van der Waals surface area (Å²) in [5.74, 6) is -0.239. The first-order valence-corrected chi connectivity index (χ1v) is 8.72. The van der Waals surface area contributed by atoms with Gasteiger partial charge in [0.2, 0.25) is 0 Å². The Bertz CT molecular complexity index is 920. The molecule has 0 fully saturated rings. The van der Waals surface area contributed by atoms with Crippen molar-refractivity contribution in [1.82, 2.24) is 9.97 Å². The third kappa shape index (κ3) is 4.41. The number of hydrogen-bond acceptors (Lipinski definition) is 6. The van der Waals surface area contributed by atoms with Crippen molar-refractivity contribution in [1.29, 1.82) is 0 Å². The average Bonchev–Trinajstić information content (AvgIpc) is 3.30. The van der Waals surface area contributed by atoms with Crippen molar-refractivity contribution in [3.8, 4) is 17.0 Å². The molecule has 2 heterocycles. The van der Waals surface area contributed by atoms with Crippen molar-refractivity contribution >= 4 is 39.9 Å². The van der Waals surface area contributed by atoms with Crippen LogP contribution in [0.3, 0.4) is 0 Å². The molecule has 2 aromatic heterocycles. The van der Waals surface area contributed by atoms with Gasteiger partial charge in [-0.05, 0) is 30.3 Å². The number of aromatic amines is 1. The van der Waals surface area contributed by atoms with Gasteiger partial charge < -0.3 is 14.5 Å². The molecule has 0 aliphatic rings. The van der Waals surface area contributed by atoms with E-state index >= 15 is 0 Å². The van der Waals surface area contributed by atoms with Gasteiger partial charge in [-0.1, -0.05) is 11.6 Å². The summed E-state index contributed by atoms with van der Waals surface area (Å²) in [6.45, 7) is -0.146. The Labute approximate surface area is 157 Å². The number of amides is 1. The number of carbonyl (C=O) groups is 2. The topological polar surface area (TPSA) is 93.3 Å². The van der Waals surface area contributed by atoms with Crippen molar-refractivity contribution in [2.45, 2.75) is 0 Å². The lowest BCUT2D eigenvalue weighted by Crippen LogP contribution is -2.20. The van der Waals surface area contributed by atoms with E-state index in [2.05, 4.69) is 20.0 Å². The molecule has 7 nitrogen and oxygen atoms in total. The first-order chi connectivity index (χ1) is 12.5. The second-order valence-corrected chi connectivity index (χ2v) is 6.42. The van der Waals surface area contributed by atoms with Gasteiger partial charge in [-0.2, -0.15) is 0 Å². The highest BCUT2D eigenvalue weighted by Crippen LogP contribution is 2.25. The van der Waals surface area contributed by atoms with Crippen molar-refractivity contribution in [2.75, 3.05) is 19.0 Å². The number of nitrogens with zero attached hydrogens (tertiary/aromatic N) is 1. The van der Waals surface area contributed by atoms with E-state index in [0.29, 0.717) is 27.3 Å². The molecule has 2 N–H and O–H groups in total. The van der Waals surface area contributed by atoms with Gasteiger partial charge in [-0.15, -0.1) is 11.3 Å². The quantitative estimate of drug-likeness (QED) is 0.626. The zero-order valence-corrected chi connectivity index (χ0v) is 15.2. The van der Waals surface area contributed by atoms with E-state index in [9.17, 15) is 9.59 Å². The van der Waals surface area contributed by atoms with E-state index in [0.717, 1.165) is 5.56 Å². The monoisotopic (exact) mass is 391 g/mol. The number of thiazole rings is 1. The first-order valence-electron chi connectivity index (χ1n) is 7.46. The third-order valence-electron chi connectivity index (χ3n) is 3.32. The summed E-state index contributed by atoms with van der Waals surface area (Å²) in [6.07, 6.45) is 1.65. The maximum Gasteiger partial charge on any atom is 0.354 e. The normalized spacial score (nSPS) is 10.4. The molecule has 0 aliphatic carbocycles. The smallest absolute Gasteiger partial charge is 0.354 e. The van der Waals surface area contributed by atoms with E-state index in [1.54, 1.807) is 41.9 Å². The van der Waals surface area contributed by atoms with E-state index in [-0.39, 0.29) is 12.5 Å². The molecule has 0 spiro atoms. The van der Waals surface area contributed by atoms with Crippen LogP contribution >= 0.6 is 22.9 Å². The van der Waals surface area contributed by atoms with Crippen LogP contribution in [0.25, 0.3) is 11.3 Å². The Morgan fingerprint density at radius 2 is 2.08 bits per heavy atom. The van der Waals surface area contributed by atoms with E-state index < -0.39 is 5.97 Å². The molecular weight excluding hydrogens is 378 g/mol. The molecule has 0 unspecified atom stereocenters. The van der Waals surface area contributed by atoms with Gasteiger partial charge in [0, 0.05) is 22.2 Å². The van der Waals surface area contributed by atoms with Crippen LogP contribution in [0, 0.1) is 0 Å². The Hall–Kier alpha value is -2.84. The lowest BCUT2D eigenvalue weighted by Gasteiger charge is -2.05. The minimum Gasteiger partial charge on any atom is -0.484 e. The molecule has 3 rings (SSSR count). The summed E-state index contributed by atoms with van der Waals surface area (Å²) in [4.78, 5) is 30.6. The zero-order chi connectivity index (χ0) is 18.5. The van der Waals surface area contributed by atoms with Crippen molar-refractivity contribution < 1.29 is 19.1 Å². The third-order valence-corrected chi connectivity index (χ3v) is 4.33. The number of halogens is 1. The number of hydrogen-bond donors (Lipinski definition) is 2. The van der Waals surface area contributed by atoms with E-state index in [4.69, 9.17) is 16.3 Å². The Morgan fingerprint density at radius 1 is 1.31 bits per heavy atom. The molecule has 9 heteroatoms. The van der Waals surface area contributed by atoms with Crippen LogP contribution in [-0.2, 0) is 9.53 Å². The van der Waals surface area contributed by atoms with Gasteiger partial charge in [0.25, 0.3) is 5.91 Å². The van der Waals surface area contributed by atoms with Crippen LogP contribution in [0.4, 0.5) is 5.13 Å². The Morgan fingerprint density at radius 3 is 2.81 bits per heavy atom. The number of carbonyl (C=O) groups excluding carboxylic acids is 2. The van der Waals surface area contributed by atoms with Crippen LogP contribution in [-0.4, -0.2) is 35.6 Å². The predicted molar refractivity (Wildman–Crippen MR) is 98.8 cm³/mol. The maximum absolute atomic E-state index is 12.0. The van der Waals surface area contributed by atoms with Gasteiger partial charge in [-0.3, -0.25) is 10.1 Å². The minimum atomic E-state index is -0.459. The average molecular weight is 392 g/mol. The Kier molecular flexibility index (Phi) is 5.55. The lowest BCUT2D eigenvalue weighted by atomic mass is 10.2. The summed E-state index contributed by atoms with van der Waals surface area (Å²) >= 11 is 7.07. The summed E-state index contributed by atoms with van der Waals surface area (Å²) < 4.78 is 10.0. The fourth-order valence-electron chi connectivity index (χ4n) is 2.07. The van der Waals surface area contributed by atoms with Crippen molar-refractivity contribution in [3.63, 3.8) is 0 Å². The second kappa shape index (κ2) is 8.03. The molecule has 0 saturated heterocycles. The number of anilines is 1. The molecule has 0 bridgehead atoms. The zero-order valence-electron chi connectivity index (χ0n) is 13.6. The number of aromatic nitrogens is 2. The molecule has 1 amide bonds. The van der Waals surface area contributed by atoms with Crippen LogP contribution < -0.4 is 10.1 Å². The molecule has 0 saturated carbocycles.